The van der Waals surface area contributed by atoms with Crippen LogP contribution in [0.4, 0.5) is 24.7 Å². The largest absolute Gasteiger partial charge is 0.433 e. The van der Waals surface area contributed by atoms with E-state index in [2.05, 4.69) is 25.9 Å². The third-order valence-electron chi connectivity index (χ3n) is 5.32. The zero-order valence-electron chi connectivity index (χ0n) is 20.7. The van der Waals surface area contributed by atoms with Crippen LogP contribution >= 0.6 is 0 Å². The van der Waals surface area contributed by atoms with Gasteiger partial charge in [-0.25, -0.2) is 4.98 Å². The van der Waals surface area contributed by atoms with E-state index in [1.807, 2.05) is 19.9 Å². The van der Waals surface area contributed by atoms with E-state index in [9.17, 15) is 27.6 Å². The van der Waals surface area contributed by atoms with Crippen molar-refractivity contribution in [1.29, 1.82) is 0 Å². The molecule has 0 saturated heterocycles. The summed E-state index contributed by atoms with van der Waals surface area (Å²) in [7, 11) is 0. The molecule has 2 heterocycles. The van der Waals surface area contributed by atoms with Crippen LogP contribution in [0.5, 0.6) is 0 Å². The van der Waals surface area contributed by atoms with E-state index in [1.165, 1.54) is 13.1 Å². The van der Waals surface area contributed by atoms with Gasteiger partial charge < -0.3 is 16.0 Å². The SMILES string of the molecule is CC(=O)Nc1cc(/C(C)=C/C(=C\NC=O)c2cc(NC(=O)c3ccc(C(F)(F)F)nc3)ccc2C)ccn1. The van der Waals surface area contributed by atoms with E-state index in [4.69, 9.17) is 0 Å². The van der Waals surface area contributed by atoms with Gasteiger partial charge in [0.2, 0.25) is 12.3 Å². The Morgan fingerprint density at radius 2 is 1.71 bits per heavy atom. The molecule has 3 aromatic rings. The summed E-state index contributed by atoms with van der Waals surface area (Å²) in [6.07, 6.45) is 1.65. The van der Waals surface area contributed by atoms with Gasteiger partial charge in [0, 0.05) is 31.2 Å². The van der Waals surface area contributed by atoms with Gasteiger partial charge in [0.05, 0.1) is 5.56 Å². The Morgan fingerprint density at radius 1 is 0.947 bits per heavy atom. The van der Waals surface area contributed by atoms with Crippen LogP contribution in [0.3, 0.4) is 0 Å². The van der Waals surface area contributed by atoms with Crippen LogP contribution in [-0.2, 0) is 15.8 Å². The molecule has 0 bridgehead atoms. The number of aromatic nitrogens is 2. The molecule has 0 saturated carbocycles. The fraction of sp³-hybridized carbons (Fsp3) is 0.148. The zero-order valence-corrected chi connectivity index (χ0v) is 20.7. The summed E-state index contributed by atoms with van der Waals surface area (Å²) in [5.41, 5.74) is 2.94. The Hall–Kier alpha value is -4.80. The molecule has 0 spiro atoms. The van der Waals surface area contributed by atoms with Crippen LogP contribution in [0, 0.1) is 6.92 Å². The van der Waals surface area contributed by atoms with Crippen molar-refractivity contribution in [3.05, 3.63) is 95.1 Å². The highest BCUT2D eigenvalue weighted by Gasteiger charge is 2.32. The van der Waals surface area contributed by atoms with Gasteiger partial charge in [0.1, 0.15) is 11.5 Å². The predicted molar refractivity (Wildman–Crippen MR) is 138 cm³/mol. The first-order valence-corrected chi connectivity index (χ1v) is 11.3. The molecule has 8 nitrogen and oxygen atoms in total. The molecule has 0 radical (unpaired) electrons. The van der Waals surface area contributed by atoms with Crippen molar-refractivity contribution in [2.24, 2.45) is 0 Å². The van der Waals surface area contributed by atoms with E-state index in [0.29, 0.717) is 29.1 Å². The molecule has 1 aromatic carbocycles. The molecular weight excluding hydrogens is 499 g/mol. The average molecular weight is 524 g/mol. The Balaban J connectivity index is 1.91. The number of halogens is 3. The molecule has 0 unspecified atom stereocenters. The van der Waals surface area contributed by atoms with E-state index in [0.717, 1.165) is 35.0 Å². The van der Waals surface area contributed by atoms with Gasteiger partial charge >= 0.3 is 6.18 Å². The number of pyridine rings is 2. The second-order valence-electron chi connectivity index (χ2n) is 8.24. The number of aryl methyl sites for hydroxylation is 1. The summed E-state index contributed by atoms with van der Waals surface area (Å²) in [6, 6.07) is 10.4. The highest BCUT2D eigenvalue weighted by atomic mass is 19.4. The summed E-state index contributed by atoms with van der Waals surface area (Å²) >= 11 is 0. The Bertz CT molecular complexity index is 1410. The number of carbonyl (C=O) groups is 3. The van der Waals surface area contributed by atoms with Crippen LogP contribution in [0.15, 0.2) is 67.1 Å². The van der Waals surface area contributed by atoms with Gasteiger partial charge in [0.15, 0.2) is 0 Å². The van der Waals surface area contributed by atoms with Crippen molar-refractivity contribution in [3.8, 4) is 0 Å². The lowest BCUT2D eigenvalue weighted by Crippen LogP contribution is -2.14. The quantitative estimate of drug-likeness (QED) is 0.277. The standard InChI is InChI=1S/C27H24F3N5O3/c1-16-4-6-22(35-26(38)20-5-7-24(33-14-20)27(28,29)30)12-23(16)21(13-31-15-36)10-17(2)19-8-9-32-25(11-19)34-18(3)37/h4-15H,1-3H3,(H,31,36)(H,35,38)(H,32,34,37)/b17-10+,21-13+. The van der Waals surface area contributed by atoms with E-state index < -0.39 is 17.8 Å². The van der Waals surface area contributed by atoms with Crippen LogP contribution in [0.25, 0.3) is 11.1 Å². The topological polar surface area (TPSA) is 113 Å². The summed E-state index contributed by atoms with van der Waals surface area (Å²) in [5.74, 6) is -0.502. The molecule has 0 fully saturated rings. The van der Waals surface area contributed by atoms with Gasteiger partial charge in [-0.05, 0) is 84.2 Å². The number of carbonyl (C=O) groups excluding carboxylic acids is 3. The number of anilines is 2. The number of benzene rings is 1. The van der Waals surface area contributed by atoms with Crippen molar-refractivity contribution in [2.45, 2.75) is 26.9 Å². The first-order valence-electron chi connectivity index (χ1n) is 11.3. The summed E-state index contributed by atoms with van der Waals surface area (Å²) in [5, 5.41) is 7.81. The minimum Gasteiger partial charge on any atom is -0.335 e. The number of hydrogen-bond acceptors (Lipinski definition) is 5. The number of nitrogens with zero attached hydrogens (tertiary/aromatic N) is 2. The summed E-state index contributed by atoms with van der Waals surface area (Å²) < 4.78 is 38.3. The molecular formula is C27H24F3N5O3. The Morgan fingerprint density at radius 3 is 2.34 bits per heavy atom. The Labute approximate surface area is 216 Å². The molecule has 196 valence electrons. The fourth-order valence-electron chi connectivity index (χ4n) is 3.47. The number of hydrogen-bond donors (Lipinski definition) is 3. The molecule has 0 atom stereocenters. The number of alkyl halides is 3. The van der Waals surface area contributed by atoms with E-state index in [-0.39, 0.29) is 11.5 Å². The van der Waals surface area contributed by atoms with Gasteiger partial charge in [0.25, 0.3) is 5.91 Å². The second kappa shape index (κ2) is 12.0. The van der Waals surface area contributed by atoms with Crippen LogP contribution < -0.4 is 16.0 Å². The van der Waals surface area contributed by atoms with Crippen LogP contribution in [0.2, 0.25) is 0 Å². The number of rotatable bonds is 8. The van der Waals surface area contributed by atoms with E-state index in [1.54, 1.807) is 36.5 Å². The van der Waals surface area contributed by atoms with Gasteiger partial charge in [-0.1, -0.05) is 6.07 Å². The minimum atomic E-state index is -4.60. The molecule has 3 rings (SSSR count). The van der Waals surface area contributed by atoms with Gasteiger partial charge in [-0.15, -0.1) is 0 Å². The lowest BCUT2D eigenvalue weighted by molar-refractivity contribution is -0.141. The number of amides is 3. The molecule has 2 aromatic heterocycles. The highest BCUT2D eigenvalue weighted by Crippen LogP contribution is 2.29. The normalized spacial score (nSPS) is 12.1. The molecule has 0 aliphatic heterocycles. The first-order chi connectivity index (χ1) is 18.0. The lowest BCUT2D eigenvalue weighted by atomic mass is 9.96. The fourth-order valence-corrected chi connectivity index (χ4v) is 3.47. The van der Waals surface area contributed by atoms with Crippen LogP contribution in [0.1, 0.15) is 46.6 Å². The van der Waals surface area contributed by atoms with Crippen molar-refractivity contribution in [2.75, 3.05) is 10.6 Å². The molecule has 11 heteroatoms. The van der Waals surface area contributed by atoms with Gasteiger partial charge in [-0.3, -0.25) is 19.4 Å². The number of allylic oxidation sites excluding steroid dienone is 3. The summed E-state index contributed by atoms with van der Waals surface area (Å²) in [4.78, 5) is 42.5. The van der Waals surface area contributed by atoms with Gasteiger partial charge in [-0.2, -0.15) is 13.2 Å². The monoisotopic (exact) mass is 523 g/mol. The molecule has 3 amide bonds. The molecule has 0 aliphatic rings. The summed E-state index contributed by atoms with van der Waals surface area (Å²) in [6.45, 7) is 5.08. The molecule has 3 N–H and O–H groups in total. The minimum absolute atomic E-state index is 0.0399. The third-order valence-corrected chi connectivity index (χ3v) is 5.32. The molecule has 38 heavy (non-hydrogen) atoms. The maximum absolute atomic E-state index is 12.8. The maximum Gasteiger partial charge on any atom is 0.433 e. The predicted octanol–water partition coefficient (Wildman–Crippen LogP) is 5.20. The third kappa shape index (κ3) is 7.36. The van der Waals surface area contributed by atoms with Crippen molar-refractivity contribution in [1.82, 2.24) is 15.3 Å². The maximum atomic E-state index is 12.8. The lowest BCUT2D eigenvalue weighted by Gasteiger charge is -2.13. The zero-order chi connectivity index (χ0) is 27.9. The van der Waals surface area contributed by atoms with E-state index >= 15 is 0 Å². The van der Waals surface area contributed by atoms with Crippen molar-refractivity contribution >= 4 is 40.9 Å². The first kappa shape index (κ1) is 27.8. The smallest absolute Gasteiger partial charge is 0.335 e. The second-order valence-corrected chi connectivity index (χ2v) is 8.24. The molecule has 0 aliphatic carbocycles. The average Bonchev–Trinajstić information content (AvgIpc) is 2.87. The van der Waals surface area contributed by atoms with Crippen molar-refractivity contribution < 1.29 is 27.6 Å². The number of nitrogens with one attached hydrogen (secondary N) is 3. The highest BCUT2D eigenvalue weighted by molar-refractivity contribution is 6.04. The van der Waals surface area contributed by atoms with Crippen molar-refractivity contribution in [3.63, 3.8) is 0 Å². The van der Waals surface area contributed by atoms with Crippen LogP contribution in [-0.4, -0.2) is 28.2 Å². The Kier molecular flexibility index (Phi) is 8.74.